The fourth-order valence-electron chi connectivity index (χ4n) is 2.86. The number of hydrogen-bond donors (Lipinski definition) is 1. The van der Waals surface area contributed by atoms with Crippen LogP contribution in [0, 0.1) is 6.92 Å². The average Bonchev–Trinajstić information content (AvgIpc) is 3.19. The molecule has 2 amide bonds. The molecule has 1 saturated heterocycles. The third-order valence-corrected chi connectivity index (χ3v) is 3.94. The van der Waals surface area contributed by atoms with Crippen molar-refractivity contribution < 1.29 is 9.32 Å². The first-order valence-electron chi connectivity index (χ1n) is 7.58. The van der Waals surface area contributed by atoms with E-state index in [4.69, 9.17) is 4.52 Å². The Hall–Kier alpha value is -2.31. The summed E-state index contributed by atoms with van der Waals surface area (Å²) in [7, 11) is 1.89. The van der Waals surface area contributed by atoms with Gasteiger partial charge in [0.1, 0.15) is 0 Å². The van der Waals surface area contributed by atoms with Crippen molar-refractivity contribution in [2.45, 2.75) is 32.2 Å². The summed E-state index contributed by atoms with van der Waals surface area (Å²) in [5.74, 6) is 0.775. The van der Waals surface area contributed by atoms with E-state index in [0.29, 0.717) is 6.54 Å². The molecule has 2 aromatic heterocycles. The van der Waals surface area contributed by atoms with Gasteiger partial charge in [0.25, 0.3) is 0 Å². The molecule has 3 heterocycles. The molecule has 1 atom stereocenters. The van der Waals surface area contributed by atoms with Crippen LogP contribution in [0.1, 0.15) is 35.9 Å². The highest BCUT2D eigenvalue weighted by molar-refractivity contribution is 5.75. The minimum absolute atomic E-state index is 0.000378. The van der Waals surface area contributed by atoms with E-state index in [1.165, 1.54) is 0 Å². The van der Waals surface area contributed by atoms with Crippen LogP contribution in [0.25, 0.3) is 0 Å². The molecular formula is C15H21N5O2. The maximum absolute atomic E-state index is 12.4. The van der Waals surface area contributed by atoms with Gasteiger partial charge in [-0.15, -0.1) is 0 Å². The summed E-state index contributed by atoms with van der Waals surface area (Å²) in [6, 6.07) is 1.87. The van der Waals surface area contributed by atoms with Crippen molar-refractivity contribution in [3.63, 3.8) is 0 Å². The van der Waals surface area contributed by atoms with Crippen molar-refractivity contribution in [2.24, 2.45) is 7.05 Å². The monoisotopic (exact) mass is 303 g/mol. The van der Waals surface area contributed by atoms with Gasteiger partial charge in [-0.2, -0.15) is 5.10 Å². The van der Waals surface area contributed by atoms with E-state index in [1.807, 2.05) is 37.3 Å². The van der Waals surface area contributed by atoms with Crippen LogP contribution in [0.3, 0.4) is 0 Å². The van der Waals surface area contributed by atoms with Gasteiger partial charge < -0.3 is 14.7 Å². The second kappa shape index (κ2) is 6.21. The summed E-state index contributed by atoms with van der Waals surface area (Å²) in [5, 5.41) is 11.0. The van der Waals surface area contributed by atoms with Gasteiger partial charge in [0, 0.05) is 32.4 Å². The van der Waals surface area contributed by atoms with Crippen LogP contribution in [0.2, 0.25) is 0 Å². The lowest BCUT2D eigenvalue weighted by Crippen LogP contribution is -2.40. The number of aryl methyl sites for hydroxylation is 2. The fourth-order valence-corrected chi connectivity index (χ4v) is 2.86. The van der Waals surface area contributed by atoms with Crippen molar-refractivity contribution in [1.82, 2.24) is 25.2 Å². The number of carbonyl (C=O) groups is 1. The molecule has 1 N–H and O–H groups in total. The lowest BCUT2D eigenvalue weighted by atomic mass is 10.1. The summed E-state index contributed by atoms with van der Waals surface area (Å²) in [6.07, 6.45) is 6.47. The Morgan fingerprint density at radius 3 is 3.09 bits per heavy atom. The zero-order chi connectivity index (χ0) is 15.5. The number of rotatable bonds is 4. The van der Waals surface area contributed by atoms with Gasteiger partial charge in [-0.05, 0) is 31.7 Å². The van der Waals surface area contributed by atoms with E-state index in [-0.39, 0.29) is 12.1 Å². The first-order valence-corrected chi connectivity index (χ1v) is 7.58. The predicted octanol–water partition coefficient (Wildman–Crippen LogP) is 1.81. The van der Waals surface area contributed by atoms with Crippen LogP contribution in [0.15, 0.2) is 23.0 Å². The number of amides is 2. The molecule has 3 rings (SSSR count). The Balaban J connectivity index is 1.54. The number of carbonyl (C=O) groups excluding carboxylic acids is 1. The molecule has 0 spiro atoms. The van der Waals surface area contributed by atoms with Crippen molar-refractivity contribution >= 4 is 6.03 Å². The van der Waals surface area contributed by atoms with Crippen molar-refractivity contribution in [1.29, 1.82) is 0 Å². The Bertz CT molecular complexity index is 648. The van der Waals surface area contributed by atoms with Crippen LogP contribution >= 0.6 is 0 Å². The Kier molecular flexibility index (Phi) is 4.13. The van der Waals surface area contributed by atoms with Crippen molar-refractivity contribution in [3.05, 3.63) is 35.5 Å². The summed E-state index contributed by atoms with van der Waals surface area (Å²) in [5.41, 5.74) is 1.96. The first kappa shape index (κ1) is 14.6. The lowest BCUT2D eigenvalue weighted by Gasteiger charge is -2.22. The Morgan fingerprint density at radius 1 is 1.55 bits per heavy atom. The molecule has 1 aliphatic heterocycles. The zero-order valence-electron chi connectivity index (χ0n) is 13.0. The largest absolute Gasteiger partial charge is 0.359 e. The lowest BCUT2D eigenvalue weighted by molar-refractivity contribution is 0.182. The number of aromatic nitrogens is 3. The summed E-state index contributed by atoms with van der Waals surface area (Å²) in [6.45, 7) is 3.24. The van der Waals surface area contributed by atoms with Gasteiger partial charge in [-0.25, -0.2) is 4.79 Å². The van der Waals surface area contributed by atoms with E-state index in [0.717, 1.165) is 42.8 Å². The first-order chi connectivity index (χ1) is 10.6. The average molecular weight is 303 g/mol. The minimum atomic E-state index is -0.0413. The normalized spacial score (nSPS) is 17.9. The van der Waals surface area contributed by atoms with Crippen molar-refractivity contribution in [3.8, 4) is 0 Å². The van der Waals surface area contributed by atoms with Crippen LogP contribution in [-0.4, -0.2) is 39.0 Å². The number of nitrogens with zero attached hydrogens (tertiary/aromatic N) is 4. The minimum Gasteiger partial charge on any atom is -0.359 e. The predicted molar refractivity (Wildman–Crippen MR) is 80.2 cm³/mol. The van der Waals surface area contributed by atoms with Gasteiger partial charge >= 0.3 is 6.03 Å². The second-order valence-electron chi connectivity index (χ2n) is 5.73. The van der Waals surface area contributed by atoms with E-state index in [9.17, 15) is 4.79 Å². The molecule has 7 heteroatoms. The molecule has 1 fully saturated rings. The standard InChI is InChI=1S/C15H21N5O2/c1-11-8-14(22-18-11)13-4-3-7-20(13)15(21)16-6-5-12-9-17-19(2)10-12/h8-10,13H,3-7H2,1-2H3,(H,16,21)/t13-/m0/s1. The molecule has 2 aromatic rings. The zero-order valence-corrected chi connectivity index (χ0v) is 13.0. The topological polar surface area (TPSA) is 76.2 Å². The second-order valence-corrected chi connectivity index (χ2v) is 5.73. The van der Waals surface area contributed by atoms with Crippen LogP contribution in [0.4, 0.5) is 4.79 Å². The summed E-state index contributed by atoms with van der Waals surface area (Å²) >= 11 is 0. The molecule has 7 nitrogen and oxygen atoms in total. The molecular weight excluding hydrogens is 282 g/mol. The maximum atomic E-state index is 12.4. The Morgan fingerprint density at radius 2 is 2.41 bits per heavy atom. The van der Waals surface area contributed by atoms with Crippen LogP contribution in [0.5, 0.6) is 0 Å². The van der Waals surface area contributed by atoms with E-state index >= 15 is 0 Å². The molecule has 118 valence electrons. The van der Waals surface area contributed by atoms with Crippen LogP contribution < -0.4 is 5.32 Å². The number of nitrogens with one attached hydrogen (secondary N) is 1. The number of hydrogen-bond acceptors (Lipinski definition) is 4. The van der Waals surface area contributed by atoms with Gasteiger partial charge in [-0.1, -0.05) is 5.16 Å². The highest BCUT2D eigenvalue weighted by atomic mass is 16.5. The molecule has 1 aliphatic rings. The third-order valence-electron chi connectivity index (χ3n) is 3.94. The molecule has 0 aliphatic carbocycles. The van der Waals surface area contributed by atoms with Gasteiger partial charge in [0.15, 0.2) is 5.76 Å². The highest BCUT2D eigenvalue weighted by Crippen LogP contribution is 2.32. The van der Waals surface area contributed by atoms with Crippen LogP contribution in [-0.2, 0) is 13.5 Å². The number of urea groups is 1. The third kappa shape index (κ3) is 3.13. The summed E-state index contributed by atoms with van der Waals surface area (Å²) in [4.78, 5) is 14.2. The fraction of sp³-hybridized carbons (Fsp3) is 0.533. The molecule has 0 radical (unpaired) electrons. The van der Waals surface area contributed by atoms with E-state index in [2.05, 4.69) is 15.6 Å². The van der Waals surface area contributed by atoms with E-state index < -0.39 is 0 Å². The summed E-state index contributed by atoms with van der Waals surface area (Å²) < 4.78 is 7.09. The SMILES string of the molecule is Cc1cc([C@@H]2CCCN2C(=O)NCCc2cnn(C)c2)on1. The van der Waals surface area contributed by atoms with Gasteiger partial charge in [0.05, 0.1) is 17.9 Å². The van der Waals surface area contributed by atoms with Gasteiger partial charge in [0.2, 0.25) is 0 Å². The molecule has 0 aromatic carbocycles. The quantitative estimate of drug-likeness (QED) is 0.934. The molecule has 22 heavy (non-hydrogen) atoms. The van der Waals surface area contributed by atoms with Gasteiger partial charge in [-0.3, -0.25) is 4.68 Å². The molecule has 0 bridgehead atoms. The molecule has 0 unspecified atom stereocenters. The highest BCUT2D eigenvalue weighted by Gasteiger charge is 2.32. The van der Waals surface area contributed by atoms with E-state index in [1.54, 1.807) is 4.68 Å². The Labute approximate surface area is 129 Å². The maximum Gasteiger partial charge on any atom is 0.318 e. The smallest absolute Gasteiger partial charge is 0.318 e. The molecule has 0 saturated carbocycles. The number of likely N-dealkylation sites (tertiary alicyclic amines) is 1. The van der Waals surface area contributed by atoms with Crippen molar-refractivity contribution in [2.75, 3.05) is 13.1 Å².